The van der Waals surface area contributed by atoms with E-state index in [4.69, 9.17) is 0 Å². The summed E-state index contributed by atoms with van der Waals surface area (Å²) >= 11 is 0. The molecule has 1 amide bonds. The van der Waals surface area contributed by atoms with Gasteiger partial charge < -0.3 is 5.32 Å². The van der Waals surface area contributed by atoms with E-state index in [1.165, 1.54) is 5.56 Å². The minimum Gasteiger partial charge on any atom is -0.319 e. The maximum absolute atomic E-state index is 11.9. The number of benzene rings is 1. The molecule has 0 radical (unpaired) electrons. The van der Waals surface area contributed by atoms with Crippen LogP contribution in [0.1, 0.15) is 30.8 Å². The Morgan fingerprint density at radius 3 is 2.33 bits per heavy atom. The lowest BCUT2D eigenvalue weighted by molar-refractivity contribution is -0.112. The normalized spacial score (nSPS) is 10.3. The number of hydrogen-bond donors (Lipinski definition) is 1. The van der Waals surface area contributed by atoms with Gasteiger partial charge in [-0.3, -0.25) is 4.79 Å². The molecular weight excluding hydrogens is 262 g/mol. The topological polar surface area (TPSA) is 46.9 Å². The van der Waals surface area contributed by atoms with Crippen LogP contribution in [0.25, 0.3) is 5.69 Å². The third-order valence-corrected chi connectivity index (χ3v) is 3.24. The van der Waals surface area contributed by atoms with Crippen molar-refractivity contribution >= 4 is 11.6 Å². The van der Waals surface area contributed by atoms with E-state index in [-0.39, 0.29) is 5.91 Å². The summed E-state index contributed by atoms with van der Waals surface area (Å²) < 4.78 is 1.85. The predicted molar refractivity (Wildman–Crippen MR) is 85.8 cm³/mol. The molecule has 1 aromatic heterocycles. The number of nitrogens with one attached hydrogen (secondary N) is 1. The third kappa shape index (κ3) is 3.40. The SMILES string of the molecule is CC(C)=CC(=O)Nc1c(C)nn(-c2ccc(C)cc2)c1C. The number of carbonyl (C=O) groups is 1. The molecule has 0 atom stereocenters. The number of carbonyl (C=O) groups excluding carboxylic acids is 1. The van der Waals surface area contributed by atoms with E-state index >= 15 is 0 Å². The van der Waals surface area contributed by atoms with Crippen molar-refractivity contribution in [1.82, 2.24) is 9.78 Å². The number of aromatic nitrogens is 2. The molecule has 0 unspecified atom stereocenters. The van der Waals surface area contributed by atoms with Gasteiger partial charge in [-0.2, -0.15) is 5.10 Å². The Balaban J connectivity index is 2.36. The van der Waals surface area contributed by atoms with Crippen molar-refractivity contribution < 1.29 is 4.79 Å². The monoisotopic (exact) mass is 283 g/mol. The molecule has 21 heavy (non-hydrogen) atoms. The van der Waals surface area contributed by atoms with Crippen molar-refractivity contribution in [2.24, 2.45) is 0 Å². The fourth-order valence-electron chi connectivity index (χ4n) is 2.18. The Hall–Kier alpha value is -2.36. The number of hydrogen-bond acceptors (Lipinski definition) is 2. The smallest absolute Gasteiger partial charge is 0.248 e. The first kappa shape index (κ1) is 15.0. The zero-order chi connectivity index (χ0) is 15.6. The fraction of sp³-hybridized carbons (Fsp3) is 0.294. The fourth-order valence-corrected chi connectivity index (χ4v) is 2.18. The number of rotatable bonds is 3. The lowest BCUT2D eigenvalue weighted by Gasteiger charge is -2.06. The van der Waals surface area contributed by atoms with Gasteiger partial charge in [0.2, 0.25) is 5.91 Å². The van der Waals surface area contributed by atoms with Gasteiger partial charge in [0.05, 0.1) is 22.8 Å². The van der Waals surface area contributed by atoms with Crippen LogP contribution in [0.4, 0.5) is 5.69 Å². The van der Waals surface area contributed by atoms with Crippen LogP contribution in [-0.4, -0.2) is 15.7 Å². The molecule has 0 aliphatic carbocycles. The highest BCUT2D eigenvalue weighted by molar-refractivity contribution is 6.00. The van der Waals surface area contributed by atoms with Gasteiger partial charge in [0.15, 0.2) is 0 Å². The van der Waals surface area contributed by atoms with Crippen LogP contribution in [0, 0.1) is 20.8 Å². The Morgan fingerprint density at radius 1 is 1.14 bits per heavy atom. The third-order valence-electron chi connectivity index (χ3n) is 3.24. The lowest BCUT2D eigenvalue weighted by Crippen LogP contribution is -2.10. The molecule has 0 aliphatic rings. The second-order valence-corrected chi connectivity index (χ2v) is 5.50. The van der Waals surface area contributed by atoms with Crippen molar-refractivity contribution in [3.05, 3.63) is 52.9 Å². The molecule has 4 nitrogen and oxygen atoms in total. The van der Waals surface area contributed by atoms with E-state index in [1.54, 1.807) is 6.08 Å². The van der Waals surface area contributed by atoms with Crippen molar-refractivity contribution in [1.29, 1.82) is 0 Å². The highest BCUT2D eigenvalue weighted by Crippen LogP contribution is 2.23. The van der Waals surface area contributed by atoms with Crippen LogP contribution in [0.2, 0.25) is 0 Å². The summed E-state index contributed by atoms with van der Waals surface area (Å²) in [6.45, 7) is 9.70. The minimum atomic E-state index is -0.121. The van der Waals surface area contributed by atoms with E-state index in [9.17, 15) is 4.79 Å². The van der Waals surface area contributed by atoms with Crippen molar-refractivity contribution in [3.63, 3.8) is 0 Å². The molecule has 1 heterocycles. The summed E-state index contributed by atoms with van der Waals surface area (Å²) in [6.07, 6.45) is 1.59. The zero-order valence-corrected chi connectivity index (χ0v) is 13.2. The average Bonchev–Trinajstić information content (AvgIpc) is 2.67. The summed E-state index contributed by atoms with van der Waals surface area (Å²) in [6, 6.07) is 8.15. The van der Waals surface area contributed by atoms with E-state index in [0.29, 0.717) is 0 Å². The quantitative estimate of drug-likeness (QED) is 0.873. The van der Waals surface area contributed by atoms with Crippen molar-refractivity contribution in [3.8, 4) is 5.69 Å². The van der Waals surface area contributed by atoms with Crippen LogP contribution in [0.5, 0.6) is 0 Å². The van der Waals surface area contributed by atoms with Gasteiger partial charge in [0.25, 0.3) is 0 Å². The summed E-state index contributed by atoms with van der Waals surface area (Å²) in [7, 11) is 0. The summed E-state index contributed by atoms with van der Waals surface area (Å²) in [5.41, 5.74) is 5.67. The Morgan fingerprint density at radius 2 is 1.76 bits per heavy atom. The van der Waals surface area contributed by atoms with E-state index in [2.05, 4.69) is 17.3 Å². The van der Waals surface area contributed by atoms with Crippen LogP contribution in [0.3, 0.4) is 0 Å². The molecule has 0 saturated heterocycles. The van der Waals surface area contributed by atoms with Crippen LogP contribution in [-0.2, 0) is 4.79 Å². The summed E-state index contributed by atoms with van der Waals surface area (Å²) in [4.78, 5) is 11.9. The second kappa shape index (κ2) is 5.95. The van der Waals surface area contributed by atoms with Gasteiger partial charge in [0.1, 0.15) is 0 Å². The van der Waals surface area contributed by atoms with Crippen LogP contribution in [0.15, 0.2) is 35.9 Å². The molecule has 110 valence electrons. The van der Waals surface area contributed by atoms with Crippen LogP contribution < -0.4 is 5.32 Å². The largest absolute Gasteiger partial charge is 0.319 e. The minimum absolute atomic E-state index is 0.121. The first-order chi connectivity index (χ1) is 9.88. The standard InChI is InChI=1S/C17H21N3O/c1-11(2)10-16(21)18-17-13(4)19-20(14(17)5)15-8-6-12(3)7-9-15/h6-10H,1-5H3,(H,18,21). The molecule has 0 saturated carbocycles. The van der Waals surface area contributed by atoms with Gasteiger partial charge in [0, 0.05) is 6.08 Å². The van der Waals surface area contributed by atoms with Crippen molar-refractivity contribution in [2.75, 3.05) is 5.32 Å². The molecular formula is C17H21N3O. The van der Waals surface area contributed by atoms with Gasteiger partial charge in [-0.05, 0) is 46.8 Å². The number of aryl methyl sites for hydroxylation is 2. The first-order valence-electron chi connectivity index (χ1n) is 6.97. The van der Waals surface area contributed by atoms with E-state index in [1.807, 2.05) is 56.6 Å². The Kier molecular flexibility index (Phi) is 4.26. The number of nitrogens with zero attached hydrogens (tertiary/aromatic N) is 2. The van der Waals surface area contributed by atoms with Crippen LogP contribution >= 0.6 is 0 Å². The van der Waals surface area contributed by atoms with Crippen molar-refractivity contribution in [2.45, 2.75) is 34.6 Å². The maximum atomic E-state index is 11.9. The number of allylic oxidation sites excluding steroid dienone is 1. The lowest BCUT2D eigenvalue weighted by atomic mass is 10.2. The van der Waals surface area contributed by atoms with E-state index < -0.39 is 0 Å². The molecule has 0 fully saturated rings. The Bertz CT molecular complexity index is 690. The van der Waals surface area contributed by atoms with Gasteiger partial charge in [-0.1, -0.05) is 23.3 Å². The molecule has 2 aromatic rings. The number of amides is 1. The predicted octanol–water partition coefficient (Wildman–Crippen LogP) is 3.70. The second-order valence-electron chi connectivity index (χ2n) is 5.50. The number of anilines is 1. The van der Waals surface area contributed by atoms with E-state index in [0.717, 1.165) is 28.3 Å². The highest BCUT2D eigenvalue weighted by Gasteiger charge is 2.14. The first-order valence-corrected chi connectivity index (χ1v) is 6.97. The maximum Gasteiger partial charge on any atom is 0.248 e. The molecule has 1 aromatic carbocycles. The van der Waals surface area contributed by atoms with Gasteiger partial charge >= 0.3 is 0 Å². The van der Waals surface area contributed by atoms with Gasteiger partial charge in [-0.15, -0.1) is 0 Å². The summed E-state index contributed by atoms with van der Waals surface area (Å²) in [5, 5.41) is 7.44. The van der Waals surface area contributed by atoms with Gasteiger partial charge in [-0.25, -0.2) is 4.68 Å². The molecule has 0 spiro atoms. The molecule has 0 aliphatic heterocycles. The highest BCUT2D eigenvalue weighted by atomic mass is 16.1. The molecule has 4 heteroatoms. The zero-order valence-electron chi connectivity index (χ0n) is 13.2. The summed E-state index contributed by atoms with van der Waals surface area (Å²) in [5.74, 6) is -0.121. The molecule has 1 N–H and O–H groups in total. The average molecular weight is 283 g/mol. The Labute approximate surface area is 125 Å². The molecule has 2 rings (SSSR count). The molecule has 0 bridgehead atoms.